The smallest absolute Gasteiger partial charge is 0.408 e. The Morgan fingerprint density at radius 1 is 0.553 bits per heavy atom. The molecule has 4 aliphatic heterocycles. The maximum Gasteiger partial charge on any atom is 0.408 e. The Morgan fingerprint density at radius 3 is 1.41 bits per heavy atom. The number of hydrogen-bond donors (Lipinski definition) is 7. The monoisotopic (exact) mass is 1770 g/mol. The van der Waals surface area contributed by atoms with Crippen molar-refractivity contribution in [3.8, 4) is 45.8 Å². The first-order chi connectivity index (χ1) is 59.0. The molecule has 5 amide bonds. The average molecular weight is 1770 g/mol. The molecular formula is C90H121N12O17S4+. The van der Waals surface area contributed by atoms with Crippen molar-refractivity contribution in [2.75, 3.05) is 37.9 Å². The van der Waals surface area contributed by atoms with Crippen molar-refractivity contribution in [3.63, 3.8) is 0 Å². The third-order valence-electron chi connectivity index (χ3n) is 25.9. The number of hydrogen-bond acceptors (Lipinski definition) is 24. The lowest BCUT2D eigenvalue weighted by molar-refractivity contribution is -0.144. The summed E-state index contributed by atoms with van der Waals surface area (Å²) < 4.78 is 85.5. The highest BCUT2D eigenvalue weighted by molar-refractivity contribution is 7.91. The molecule has 8 N–H and O–H groups in total. The fourth-order valence-corrected chi connectivity index (χ4v) is 22.3. The van der Waals surface area contributed by atoms with Crippen molar-refractivity contribution < 1.29 is 79.1 Å². The van der Waals surface area contributed by atoms with Crippen LogP contribution in [-0.4, -0.2) is 186 Å². The van der Waals surface area contributed by atoms with Gasteiger partial charge < -0.3 is 64.6 Å². The number of sulfonamides is 2. The van der Waals surface area contributed by atoms with E-state index >= 15 is 0 Å². The van der Waals surface area contributed by atoms with Gasteiger partial charge in [-0.1, -0.05) is 50.0 Å². The van der Waals surface area contributed by atoms with Crippen LogP contribution in [0.15, 0.2) is 71.5 Å². The van der Waals surface area contributed by atoms with Crippen molar-refractivity contribution in [2.24, 2.45) is 27.8 Å². The molecule has 6 aromatic rings. The summed E-state index contributed by atoms with van der Waals surface area (Å²) in [6.07, 6.45) is 27.9. The molecule has 8 heterocycles. The maximum absolute atomic E-state index is 14.8. The van der Waals surface area contributed by atoms with Crippen molar-refractivity contribution >= 4 is 111 Å². The minimum Gasteiger partial charge on any atom is -0.496 e. The van der Waals surface area contributed by atoms with Crippen molar-refractivity contribution in [1.82, 2.24) is 45.1 Å². The number of alkyl carbamates (subject to hydrolysis) is 2. The number of primary sulfonamides is 1. The Kier molecular flexibility index (Phi) is 28.8. The number of nitrogens with two attached hydrogens (primary N) is 1. The zero-order valence-corrected chi connectivity index (χ0v) is 75.0. The molecule has 3 unspecified atom stereocenters. The molecule has 8 fully saturated rings. The lowest BCUT2D eigenvalue weighted by atomic mass is 9.92. The number of pyridine rings is 2. The number of thiazole rings is 2. The average Bonchev–Trinajstić information content (AvgIpc) is 1.70. The first-order valence-corrected chi connectivity index (χ1v) is 49.2. The molecule has 6 aliphatic carbocycles. The third kappa shape index (κ3) is 22.3. The number of aryl methyl sites for hydroxylation is 2. The van der Waals surface area contributed by atoms with Gasteiger partial charge in [0.2, 0.25) is 37.8 Å². The molecule has 0 radical (unpaired) electrons. The molecule has 10 aliphatic rings. The Morgan fingerprint density at radius 2 is 0.992 bits per heavy atom. The van der Waals surface area contributed by atoms with Crippen LogP contribution < -0.4 is 50.1 Å². The Balaban J connectivity index is 0.000000186. The van der Waals surface area contributed by atoms with Crippen molar-refractivity contribution in [3.05, 3.63) is 89.5 Å². The highest BCUT2D eigenvalue weighted by Crippen LogP contribution is 2.59. The highest BCUT2D eigenvalue weighted by atomic mass is 32.2. The summed E-state index contributed by atoms with van der Waals surface area (Å²) in [6.45, 7) is 14.6. The van der Waals surface area contributed by atoms with Gasteiger partial charge in [-0.05, 0) is 225 Å². The number of methoxy groups -OCH3 is 2. The fourth-order valence-electron chi connectivity index (χ4n) is 18.5. The summed E-state index contributed by atoms with van der Waals surface area (Å²) in [5.74, 6) is 0.905. The molecule has 11 atom stereocenters. The number of carboxylic acids is 1. The molecule has 2 saturated heterocycles. The van der Waals surface area contributed by atoms with Gasteiger partial charge in [0, 0.05) is 75.8 Å². The summed E-state index contributed by atoms with van der Waals surface area (Å²) in [4.78, 5) is 106. The van der Waals surface area contributed by atoms with Gasteiger partial charge in [0.15, 0.2) is 16.3 Å². The van der Waals surface area contributed by atoms with Crippen LogP contribution in [0.5, 0.6) is 23.0 Å². The number of allylic oxidation sites excluding steroid dienone is 4. The van der Waals surface area contributed by atoms with Gasteiger partial charge in [-0.3, -0.25) is 23.9 Å². The van der Waals surface area contributed by atoms with E-state index in [2.05, 4.69) is 71.1 Å². The number of nitrogens with one attached hydrogen (secondary N) is 5. The molecular weight excluding hydrogens is 1650 g/mol. The fraction of sp³-hybridized carbons (Fsp3) is 0.611. The van der Waals surface area contributed by atoms with Crippen LogP contribution in [-0.2, 0) is 48.7 Å². The molecule has 29 nitrogen and oxygen atoms in total. The van der Waals surface area contributed by atoms with E-state index in [0.29, 0.717) is 135 Å². The normalized spacial score (nSPS) is 26.7. The number of ether oxygens (including phenoxy) is 6. The van der Waals surface area contributed by atoms with Gasteiger partial charge in [0.05, 0.1) is 78.0 Å². The topological polar surface area (TPSA) is 391 Å². The van der Waals surface area contributed by atoms with E-state index in [1.165, 1.54) is 22.7 Å². The number of amides is 5. The lowest BCUT2D eigenvalue weighted by Crippen LogP contribution is -2.51. The Bertz CT molecular complexity index is 5120. The summed E-state index contributed by atoms with van der Waals surface area (Å²) in [6, 6.07) is 9.52. The van der Waals surface area contributed by atoms with Crippen LogP contribution in [0.2, 0.25) is 0 Å². The minimum absolute atomic E-state index is 0.00688. The Labute approximate surface area is 729 Å². The molecule has 16 rings (SSSR count). The Hall–Kier alpha value is -9.05. The SMILES string of the molecule is COc1ccc2c(O[C@@H]3C[C@H]4CC[C@]5(C(=O)NS(=O)(=O)C6CC6)CC5/C=C\CCCCC[C@H](NC(=O)OC5CCCC5)C(=O)N4C3)cc(-c3csc(NC(C)C)n3)nc2c1C.NS(=O)(=O)C1CC1.[CH2+]C(C)Nc1nc(-c2cc(O[C@@H]3C[C@H]4CC[C@]5(C(=O)O)CC5/C=C\CCCCC[C@H](NC(=O)OC5CCCC5)C(=O)N4C3)c3ccc(OC)c(C)c3n2)cs1. The largest absolute Gasteiger partial charge is 0.496 e. The van der Waals surface area contributed by atoms with Gasteiger partial charge >= 0.3 is 18.2 Å². The second-order valence-electron chi connectivity index (χ2n) is 35.7. The van der Waals surface area contributed by atoms with Gasteiger partial charge in [-0.2, -0.15) is 0 Å². The summed E-state index contributed by atoms with van der Waals surface area (Å²) in [5, 5.41) is 34.0. The third-order valence-corrected chi connectivity index (χ3v) is 30.7. The lowest BCUT2D eigenvalue weighted by Gasteiger charge is -2.30. The van der Waals surface area contributed by atoms with Crippen LogP contribution in [0, 0.1) is 43.4 Å². The van der Waals surface area contributed by atoms with E-state index in [-0.39, 0.29) is 71.8 Å². The van der Waals surface area contributed by atoms with Gasteiger partial charge in [-0.15, -0.1) is 22.7 Å². The standard InChI is InChI=1S/C45H60N6O8S2.C42H53N5O7S.C3H7NO2S/c1-27(2)46-43-48-37(26-60-43)36-23-39(34-18-19-38(57-4)28(3)40(34)47-36)58-32-22-30-20-21-45(42(53)50-61(55,56)33-16-17-33)24-29(45)12-8-6-5-7-9-15-35(41(52)51(30)25-32)49-44(54)59-31-13-10-11-14-31;1-25(2)43-40-45-34(24-55-40)33-21-36(31-16-17-35(52-4)26(3)37(31)44-33)53-30-20-28-18-19-42(39(49)50)22-27(42)12-8-6-5-7-9-15-32(38(48)47(28)23-30)46-41(51)54-29-13-10-11-14-29;4-7(5,6)3-1-2-3/h8,12,18-19,23,26-27,29-33,35H,5-7,9-11,13-17,20-22,24-25H2,1-4H3,(H,46,48)(H,49,54)(H,50,53);8,12,16-17,21,24-25,27-30,32H,1,5-7,9-11,13-15,18-20,22-23H2,2-4H3,(H2-,43,45,46,49,50,51);3H,1-2H2,(H2,4,5,6)/p+1/b2*12-8-;/t29?,30-,32-,35+,45+;25?,27?,28-,30-,32+,42+;/m11./s1. The quantitative estimate of drug-likeness (QED) is 0.0260. The predicted molar refractivity (Wildman–Crippen MR) is 474 cm³/mol. The number of nitrogens with zero attached hydrogens (tertiary/aromatic N) is 6. The number of carbonyl (C=O) groups is 6. The van der Waals surface area contributed by atoms with E-state index in [0.717, 1.165) is 153 Å². The van der Waals surface area contributed by atoms with E-state index in [9.17, 15) is 50.7 Å². The number of aromatic nitrogens is 4. The number of benzene rings is 2. The second kappa shape index (κ2) is 39.2. The van der Waals surface area contributed by atoms with Crippen LogP contribution in [0.25, 0.3) is 44.6 Å². The summed E-state index contributed by atoms with van der Waals surface area (Å²) in [7, 11) is -3.61. The van der Waals surface area contributed by atoms with E-state index in [1.54, 1.807) is 14.2 Å². The van der Waals surface area contributed by atoms with E-state index in [4.69, 9.17) is 53.5 Å². The van der Waals surface area contributed by atoms with Gasteiger partial charge in [0.25, 0.3) is 0 Å². The first-order valence-electron chi connectivity index (χ1n) is 44.3. The molecule has 0 spiro atoms. The molecule has 666 valence electrons. The second-order valence-corrected chi connectivity index (χ2v) is 41.2. The van der Waals surface area contributed by atoms with Crippen LogP contribution >= 0.6 is 22.7 Å². The molecule has 4 aromatic heterocycles. The van der Waals surface area contributed by atoms with E-state index < -0.39 is 84.5 Å². The number of rotatable bonds is 21. The van der Waals surface area contributed by atoms with Crippen LogP contribution in [0.3, 0.4) is 0 Å². The first kappa shape index (κ1) is 90.2. The minimum atomic E-state index is -3.74. The van der Waals surface area contributed by atoms with Gasteiger partial charge in [0.1, 0.15) is 70.9 Å². The number of carboxylic acid groups (broad SMARTS) is 1. The molecule has 33 heteroatoms. The maximum atomic E-state index is 14.8. The van der Waals surface area contributed by atoms with E-state index in [1.807, 2.05) is 77.7 Å². The summed E-state index contributed by atoms with van der Waals surface area (Å²) >= 11 is 2.98. The zero-order valence-electron chi connectivity index (χ0n) is 71.7. The molecule has 123 heavy (non-hydrogen) atoms. The van der Waals surface area contributed by atoms with Gasteiger partial charge in [-0.25, -0.2) is 51.5 Å². The number of fused-ring (bicyclic) bond motifs is 6. The predicted octanol–water partition coefficient (Wildman–Crippen LogP) is 15.3. The number of aliphatic carboxylic acids is 1. The van der Waals surface area contributed by atoms with Crippen molar-refractivity contribution in [2.45, 2.75) is 298 Å². The summed E-state index contributed by atoms with van der Waals surface area (Å²) in [5.41, 5.74) is 4.14. The number of anilines is 2. The number of carbonyl (C=O) groups excluding carboxylic acids is 5. The zero-order chi connectivity index (χ0) is 87.1. The van der Waals surface area contributed by atoms with Crippen LogP contribution in [0.1, 0.15) is 225 Å². The molecule has 2 aromatic carbocycles. The highest BCUT2D eigenvalue weighted by Gasteiger charge is 2.61. The molecule has 6 saturated carbocycles. The van der Waals surface area contributed by atoms with Crippen molar-refractivity contribution in [1.29, 1.82) is 0 Å². The molecule has 0 bridgehead atoms. The van der Waals surface area contributed by atoms with Crippen LogP contribution in [0.4, 0.5) is 19.9 Å².